The van der Waals surface area contributed by atoms with E-state index in [0.29, 0.717) is 0 Å². The van der Waals surface area contributed by atoms with Crippen molar-refractivity contribution in [1.29, 1.82) is 0 Å². The Kier molecular flexibility index (Phi) is 3.27. The van der Waals surface area contributed by atoms with Gasteiger partial charge in [-0.1, -0.05) is 29.8 Å². The molecule has 0 amide bonds. The first-order valence-electron chi connectivity index (χ1n) is 5.31. The third-order valence-corrected chi connectivity index (χ3v) is 2.60. The van der Waals surface area contributed by atoms with E-state index in [0.717, 1.165) is 5.69 Å². The molecular weight excluding hydrogens is 198 g/mol. The molecule has 0 spiro atoms. The Morgan fingerprint density at radius 3 is 2.44 bits per heavy atom. The zero-order chi connectivity index (χ0) is 11.4. The summed E-state index contributed by atoms with van der Waals surface area (Å²) in [5.74, 6) is 0. The first-order valence-corrected chi connectivity index (χ1v) is 5.31. The zero-order valence-corrected chi connectivity index (χ0v) is 9.51. The van der Waals surface area contributed by atoms with Gasteiger partial charge in [0.15, 0.2) is 0 Å². The van der Waals surface area contributed by atoms with Crippen molar-refractivity contribution >= 4 is 0 Å². The molecule has 1 aromatic carbocycles. The molecule has 0 fully saturated rings. The number of hydrogen-bond donors (Lipinski definition) is 1. The Balaban J connectivity index is 2.33. The molecular formula is C13H15N3. The number of aryl methyl sites for hydroxylation is 1. The van der Waals surface area contributed by atoms with E-state index in [9.17, 15) is 0 Å². The van der Waals surface area contributed by atoms with Gasteiger partial charge >= 0.3 is 0 Å². The van der Waals surface area contributed by atoms with E-state index >= 15 is 0 Å². The highest BCUT2D eigenvalue weighted by molar-refractivity contribution is 5.29. The van der Waals surface area contributed by atoms with E-state index in [1.54, 1.807) is 12.5 Å². The molecule has 2 aromatic rings. The highest BCUT2D eigenvalue weighted by Gasteiger charge is 2.12. The van der Waals surface area contributed by atoms with Gasteiger partial charge in [0.1, 0.15) is 6.33 Å². The quantitative estimate of drug-likeness (QED) is 0.848. The minimum atomic E-state index is 0.128. The van der Waals surface area contributed by atoms with Crippen molar-refractivity contribution in [2.75, 3.05) is 7.05 Å². The van der Waals surface area contributed by atoms with Crippen molar-refractivity contribution in [2.24, 2.45) is 0 Å². The van der Waals surface area contributed by atoms with Gasteiger partial charge in [0.05, 0.1) is 11.7 Å². The van der Waals surface area contributed by atoms with Gasteiger partial charge in [0, 0.05) is 6.20 Å². The van der Waals surface area contributed by atoms with Crippen molar-refractivity contribution in [1.82, 2.24) is 15.3 Å². The van der Waals surface area contributed by atoms with Gasteiger partial charge in [0.2, 0.25) is 0 Å². The average molecular weight is 213 g/mol. The maximum atomic E-state index is 4.28. The predicted octanol–water partition coefficient (Wildman–Crippen LogP) is 2.09. The number of nitrogens with zero attached hydrogens (tertiary/aromatic N) is 2. The average Bonchev–Trinajstić information content (AvgIpc) is 2.34. The third-order valence-electron chi connectivity index (χ3n) is 2.60. The zero-order valence-electron chi connectivity index (χ0n) is 9.51. The molecule has 3 nitrogen and oxygen atoms in total. The predicted molar refractivity (Wildman–Crippen MR) is 64.1 cm³/mol. The Hall–Kier alpha value is -1.74. The molecule has 1 N–H and O–H groups in total. The van der Waals surface area contributed by atoms with Crippen LogP contribution in [0.2, 0.25) is 0 Å². The summed E-state index contributed by atoms with van der Waals surface area (Å²) in [4.78, 5) is 8.21. The number of nitrogens with one attached hydrogen (secondary N) is 1. The van der Waals surface area contributed by atoms with Crippen molar-refractivity contribution in [3.05, 3.63) is 59.7 Å². The molecule has 1 atom stereocenters. The SMILES string of the molecule is CNC(c1ccc(C)cc1)c1ccncn1. The maximum Gasteiger partial charge on any atom is 0.115 e. The van der Waals surface area contributed by atoms with Crippen LogP contribution in [-0.2, 0) is 0 Å². The normalized spacial score (nSPS) is 12.4. The molecule has 0 aliphatic heterocycles. The maximum absolute atomic E-state index is 4.28. The van der Waals surface area contributed by atoms with Crippen LogP contribution in [0.1, 0.15) is 22.9 Å². The van der Waals surface area contributed by atoms with Crippen LogP contribution in [0.3, 0.4) is 0 Å². The van der Waals surface area contributed by atoms with Crippen LogP contribution in [0.15, 0.2) is 42.9 Å². The number of benzene rings is 1. The van der Waals surface area contributed by atoms with E-state index in [-0.39, 0.29) is 6.04 Å². The van der Waals surface area contributed by atoms with Gasteiger partial charge in [0.25, 0.3) is 0 Å². The minimum Gasteiger partial charge on any atom is -0.308 e. The van der Waals surface area contributed by atoms with Crippen LogP contribution < -0.4 is 5.32 Å². The summed E-state index contributed by atoms with van der Waals surface area (Å²) in [6, 6.07) is 10.5. The van der Waals surface area contributed by atoms with Crippen LogP contribution in [0, 0.1) is 6.92 Å². The second kappa shape index (κ2) is 4.86. The van der Waals surface area contributed by atoms with E-state index in [4.69, 9.17) is 0 Å². The lowest BCUT2D eigenvalue weighted by Gasteiger charge is -2.15. The van der Waals surface area contributed by atoms with Crippen LogP contribution in [0.5, 0.6) is 0 Å². The lowest BCUT2D eigenvalue weighted by Crippen LogP contribution is -2.18. The fraction of sp³-hybridized carbons (Fsp3) is 0.231. The summed E-state index contributed by atoms with van der Waals surface area (Å²) < 4.78 is 0. The molecule has 2 rings (SSSR count). The van der Waals surface area contributed by atoms with Crippen molar-refractivity contribution in [3.8, 4) is 0 Å². The second-order valence-electron chi connectivity index (χ2n) is 3.77. The minimum absolute atomic E-state index is 0.128. The molecule has 0 bridgehead atoms. The number of aromatic nitrogens is 2. The monoisotopic (exact) mass is 213 g/mol. The molecule has 0 saturated carbocycles. The lowest BCUT2D eigenvalue weighted by atomic mass is 10.0. The van der Waals surface area contributed by atoms with Crippen LogP contribution in [0.25, 0.3) is 0 Å². The first-order chi connectivity index (χ1) is 7.81. The number of hydrogen-bond acceptors (Lipinski definition) is 3. The molecule has 1 unspecified atom stereocenters. The second-order valence-corrected chi connectivity index (χ2v) is 3.77. The smallest absolute Gasteiger partial charge is 0.115 e. The van der Waals surface area contributed by atoms with Crippen molar-refractivity contribution in [2.45, 2.75) is 13.0 Å². The van der Waals surface area contributed by atoms with Crippen LogP contribution in [0.4, 0.5) is 0 Å². The van der Waals surface area contributed by atoms with E-state index in [1.165, 1.54) is 11.1 Å². The van der Waals surface area contributed by atoms with E-state index < -0.39 is 0 Å². The molecule has 0 aliphatic rings. The highest BCUT2D eigenvalue weighted by Crippen LogP contribution is 2.19. The van der Waals surface area contributed by atoms with Crippen molar-refractivity contribution < 1.29 is 0 Å². The largest absolute Gasteiger partial charge is 0.308 e. The summed E-state index contributed by atoms with van der Waals surface area (Å²) in [5.41, 5.74) is 3.47. The topological polar surface area (TPSA) is 37.8 Å². The molecule has 0 radical (unpaired) electrons. The molecule has 16 heavy (non-hydrogen) atoms. The number of rotatable bonds is 3. The van der Waals surface area contributed by atoms with Gasteiger partial charge < -0.3 is 5.32 Å². The van der Waals surface area contributed by atoms with Gasteiger partial charge in [-0.25, -0.2) is 9.97 Å². The van der Waals surface area contributed by atoms with Crippen LogP contribution >= 0.6 is 0 Å². The molecule has 3 heteroatoms. The van der Waals surface area contributed by atoms with Gasteiger partial charge in [-0.15, -0.1) is 0 Å². The lowest BCUT2D eigenvalue weighted by molar-refractivity contribution is 0.668. The third kappa shape index (κ3) is 2.25. The van der Waals surface area contributed by atoms with Gasteiger partial charge in [-0.2, -0.15) is 0 Å². The molecule has 0 aliphatic carbocycles. The Bertz CT molecular complexity index is 436. The molecule has 1 aromatic heterocycles. The van der Waals surface area contributed by atoms with Crippen molar-refractivity contribution in [3.63, 3.8) is 0 Å². The first kappa shape index (κ1) is 10.8. The molecule has 0 saturated heterocycles. The van der Waals surface area contributed by atoms with Gasteiger partial charge in [-0.05, 0) is 25.6 Å². The summed E-state index contributed by atoms with van der Waals surface area (Å²) >= 11 is 0. The molecule has 1 heterocycles. The van der Waals surface area contributed by atoms with E-state index in [2.05, 4.69) is 46.5 Å². The highest BCUT2D eigenvalue weighted by atomic mass is 14.9. The summed E-state index contributed by atoms with van der Waals surface area (Å²) in [6.45, 7) is 2.09. The fourth-order valence-electron chi connectivity index (χ4n) is 1.72. The van der Waals surface area contributed by atoms with Gasteiger partial charge in [-0.3, -0.25) is 0 Å². The Morgan fingerprint density at radius 2 is 1.88 bits per heavy atom. The Labute approximate surface area is 95.6 Å². The fourth-order valence-corrected chi connectivity index (χ4v) is 1.72. The molecule has 82 valence electrons. The summed E-state index contributed by atoms with van der Waals surface area (Å²) in [5, 5.41) is 3.26. The summed E-state index contributed by atoms with van der Waals surface area (Å²) in [6.07, 6.45) is 3.34. The summed E-state index contributed by atoms with van der Waals surface area (Å²) in [7, 11) is 1.94. The standard InChI is InChI=1S/C13H15N3/c1-10-3-5-11(6-4-10)13(14-2)12-7-8-15-9-16-12/h3-9,13-14H,1-2H3. The Morgan fingerprint density at radius 1 is 1.12 bits per heavy atom. The van der Waals surface area contributed by atoms with Crippen LogP contribution in [-0.4, -0.2) is 17.0 Å². The van der Waals surface area contributed by atoms with E-state index in [1.807, 2.05) is 13.1 Å².